The van der Waals surface area contributed by atoms with Gasteiger partial charge in [-0.2, -0.15) is 8.62 Å². The Kier molecular flexibility index (Phi) is 7.20. The number of nitrogens with one attached hydrogen (secondary N) is 1. The fraction of sp³-hybridized carbons (Fsp3) is 0.556. The van der Waals surface area contributed by atoms with Gasteiger partial charge in [-0.3, -0.25) is 18.9 Å². The molecule has 0 aromatic carbocycles. The van der Waals surface area contributed by atoms with Crippen molar-refractivity contribution >= 4 is 23.5 Å². The van der Waals surface area contributed by atoms with Crippen LogP contribution in [0.2, 0.25) is 0 Å². The van der Waals surface area contributed by atoms with E-state index < -0.39 is 65.9 Å². The highest BCUT2D eigenvalue weighted by molar-refractivity contribution is 7.66. The van der Waals surface area contributed by atoms with Crippen molar-refractivity contribution in [1.29, 1.82) is 0 Å². The summed E-state index contributed by atoms with van der Waals surface area (Å²) in [6, 6.07) is 0.920. The van der Waals surface area contributed by atoms with Gasteiger partial charge in [0, 0.05) is 12.3 Å². The van der Waals surface area contributed by atoms with Crippen molar-refractivity contribution in [3.63, 3.8) is 0 Å². The Balaban J connectivity index is 2.06. The Morgan fingerprint density at radius 2 is 1.66 bits per heavy atom. The summed E-state index contributed by atoms with van der Waals surface area (Å²) < 4.78 is 50.6. The second-order valence-electron chi connectivity index (χ2n) is 5.45. The molecule has 1 saturated heterocycles. The number of rotatable bonds is 8. The molecule has 2 unspecified atom stereocenters. The van der Waals surface area contributed by atoms with E-state index in [1.807, 2.05) is 4.98 Å². The monoisotopic (exact) mass is 484 g/mol. The minimum Gasteiger partial charge on any atom is -0.387 e. The van der Waals surface area contributed by atoms with Crippen LogP contribution in [-0.2, 0) is 31.6 Å². The summed E-state index contributed by atoms with van der Waals surface area (Å²) in [4.78, 5) is 59.9. The predicted molar refractivity (Wildman–Crippen MR) is 87.1 cm³/mol. The van der Waals surface area contributed by atoms with E-state index in [4.69, 9.17) is 19.4 Å². The zero-order valence-corrected chi connectivity index (χ0v) is 16.5. The Hall–Kier alpha value is -1.03. The molecule has 1 aliphatic heterocycles. The average Bonchev–Trinajstić information content (AvgIpc) is 2.78. The van der Waals surface area contributed by atoms with Crippen molar-refractivity contribution in [2.75, 3.05) is 6.61 Å². The van der Waals surface area contributed by atoms with E-state index >= 15 is 0 Å². The summed E-state index contributed by atoms with van der Waals surface area (Å²) in [5.74, 6) is 0. The number of aromatic amines is 1. The highest BCUT2D eigenvalue weighted by Crippen LogP contribution is 2.66. The number of aliphatic hydroxyl groups excluding tert-OH is 2. The van der Waals surface area contributed by atoms with Gasteiger partial charge in [-0.25, -0.2) is 18.5 Å². The molecule has 0 saturated carbocycles. The molecule has 7 N–H and O–H groups in total. The van der Waals surface area contributed by atoms with Gasteiger partial charge in [-0.05, 0) is 0 Å². The summed E-state index contributed by atoms with van der Waals surface area (Å²) in [6.07, 6.45) is -5.70. The van der Waals surface area contributed by atoms with Gasteiger partial charge < -0.3 is 34.5 Å². The van der Waals surface area contributed by atoms with Crippen LogP contribution < -0.4 is 11.2 Å². The third-order valence-corrected chi connectivity index (χ3v) is 7.08. The van der Waals surface area contributed by atoms with E-state index in [-0.39, 0.29) is 0 Å². The van der Waals surface area contributed by atoms with Crippen molar-refractivity contribution in [2.45, 2.75) is 24.5 Å². The second kappa shape index (κ2) is 8.61. The molecule has 2 heterocycles. The number of aromatic nitrogens is 2. The maximum atomic E-state index is 11.7. The fourth-order valence-electron chi connectivity index (χ4n) is 2.20. The van der Waals surface area contributed by atoms with E-state index in [0.29, 0.717) is 4.57 Å². The SMILES string of the molecule is O=c1ccn([C@@H]2O[C@@H](COP(=O)(O)OP(=O)(O)OP(=O)(O)O)[C@H](O)[C@H]2O)c(=O)[nH]1. The third-order valence-electron chi connectivity index (χ3n) is 3.28. The lowest BCUT2D eigenvalue weighted by Gasteiger charge is -2.19. The third kappa shape index (κ3) is 6.73. The van der Waals surface area contributed by atoms with Crippen LogP contribution in [0.5, 0.6) is 0 Å². The lowest BCUT2D eigenvalue weighted by atomic mass is 10.1. The second-order valence-corrected chi connectivity index (χ2v) is 9.87. The lowest BCUT2D eigenvalue weighted by molar-refractivity contribution is -0.0542. The molecule has 29 heavy (non-hydrogen) atoms. The summed E-state index contributed by atoms with van der Waals surface area (Å²) in [5.41, 5.74) is -1.74. The van der Waals surface area contributed by atoms with E-state index in [1.54, 1.807) is 0 Å². The Labute approximate surface area is 159 Å². The Morgan fingerprint density at radius 1 is 1.03 bits per heavy atom. The number of aliphatic hydroxyl groups is 2. The van der Waals surface area contributed by atoms with Crippen LogP contribution >= 0.6 is 23.5 Å². The molecule has 1 aromatic heterocycles. The van der Waals surface area contributed by atoms with E-state index in [2.05, 4.69) is 13.1 Å². The first kappa shape index (κ1) is 24.2. The molecular formula is C9H15N2O15P3. The van der Waals surface area contributed by atoms with Crippen LogP contribution in [0.15, 0.2) is 21.9 Å². The zero-order chi connectivity index (χ0) is 22.2. The van der Waals surface area contributed by atoms with Crippen LogP contribution in [0.25, 0.3) is 0 Å². The molecule has 0 bridgehead atoms. The largest absolute Gasteiger partial charge is 0.490 e. The standard InChI is InChI=1S/C9H15N2O15P3/c12-5-1-2-11(9(15)10-5)8-7(14)6(13)4(24-8)3-23-28(19,20)26-29(21,22)25-27(16,17)18/h1-2,4,6-8,13-14H,3H2,(H,19,20)(H,21,22)(H,10,12,15)(H2,16,17,18)/t4-,6-,7+,8+/m0/s1. The maximum Gasteiger partial charge on any atom is 0.490 e. The van der Waals surface area contributed by atoms with Crippen LogP contribution in [0.3, 0.4) is 0 Å². The minimum absolute atomic E-state index is 0.708. The molecule has 1 aliphatic rings. The summed E-state index contributed by atoms with van der Waals surface area (Å²) in [6.45, 7) is -1.05. The number of hydrogen-bond acceptors (Lipinski definition) is 11. The van der Waals surface area contributed by atoms with Crippen molar-refractivity contribution in [1.82, 2.24) is 9.55 Å². The van der Waals surface area contributed by atoms with Gasteiger partial charge in [0.1, 0.15) is 18.3 Å². The van der Waals surface area contributed by atoms with Gasteiger partial charge >= 0.3 is 29.2 Å². The van der Waals surface area contributed by atoms with Crippen LogP contribution in [-0.4, -0.2) is 64.3 Å². The number of hydrogen-bond donors (Lipinski definition) is 7. The molecular weight excluding hydrogens is 469 g/mol. The minimum atomic E-state index is -5.73. The van der Waals surface area contributed by atoms with Gasteiger partial charge in [0.2, 0.25) is 0 Å². The molecule has 0 spiro atoms. The van der Waals surface area contributed by atoms with E-state index in [1.165, 1.54) is 0 Å². The van der Waals surface area contributed by atoms with Gasteiger partial charge in [0.25, 0.3) is 5.56 Å². The average molecular weight is 484 g/mol. The first-order chi connectivity index (χ1) is 13.1. The molecule has 17 nitrogen and oxygen atoms in total. The predicted octanol–water partition coefficient (Wildman–Crippen LogP) is -2.50. The van der Waals surface area contributed by atoms with Gasteiger partial charge in [-0.1, -0.05) is 0 Å². The molecule has 0 amide bonds. The first-order valence-electron chi connectivity index (χ1n) is 7.22. The Bertz CT molecular complexity index is 997. The molecule has 1 aromatic rings. The van der Waals surface area contributed by atoms with Crippen LogP contribution in [0, 0.1) is 0 Å². The van der Waals surface area contributed by atoms with Crippen molar-refractivity contribution < 1.29 is 61.4 Å². The van der Waals surface area contributed by atoms with Crippen LogP contribution in [0.1, 0.15) is 6.23 Å². The van der Waals surface area contributed by atoms with Crippen molar-refractivity contribution in [3.8, 4) is 0 Å². The van der Waals surface area contributed by atoms with E-state index in [9.17, 15) is 38.4 Å². The smallest absolute Gasteiger partial charge is 0.387 e. The molecule has 0 radical (unpaired) electrons. The maximum absolute atomic E-state index is 11.7. The lowest BCUT2D eigenvalue weighted by Crippen LogP contribution is -2.37. The molecule has 2 rings (SSSR count). The number of H-pyrrole nitrogens is 1. The van der Waals surface area contributed by atoms with Crippen molar-refractivity contribution in [2.24, 2.45) is 0 Å². The summed E-state index contributed by atoms with van der Waals surface area (Å²) >= 11 is 0. The summed E-state index contributed by atoms with van der Waals surface area (Å²) in [7, 11) is -16.8. The number of phosphoric ester groups is 1. The Morgan fingerprint density at radius 3 is 2.21 bits per heavy atom. The molecule has 20 heteroatoms. The highest BCUT2D eigenvalue weighted by atomic mass is 31.3. The highest BCUT2D eigenvalue weighted by Gasteiger charge is 2.46. The number of ether oxygens (including phenoxy) is 1. The zero-order valence-electron chi connectivity index (χ0n) is 13.8. The molecule has 166 valence electrons. The topological polar surface area (TPSA) is 264 Å². The molecule has 1 fully saturated rings. The van der Waals surface area contributed by atoms with Gasteiger partial charge in [0.15, 0.2) is 6.23 Å². The van der Waals surface area contributed by atoms with Gasteiger partial charge in [-0.15, -0.1) is 0 Å². The number of nitrogens with zero attached hydrogens (tertiary/aromatic N) is 1. The normalized spacial score (nSPS) is 29.3. The van der Waals surface area contributed by atoms with Gasteiger partial charge in [0.05, 0.1) is 6.61 Å². The fourth-order valence-corrected chi connectivity index (χ4v) is 5.23. The number of phosphoric acid groups is 3. The quantitative estimate of drug-likeness (QED) is 0.188. The van der Waals surface area contributed by atoms with Crippen LogP contribution in [0.4, 0.5) is 0 Å². The summed E-state index contributed by atoms with van der Waals surface area (Å²) in [5, 5.41) is 19.9. The van der Waals surface area contributed by atoms with E-state index in [0.717, 1.165) is 12.3 Å². The van der Waals surface area contributed by atoms with Crippen molar-refractivity contribution in [3.05, 3.63) is 33.1 Å². The molecule has 6 atom stereocenters. The first-order valence-corrected chi connectivity index (χ1v) is 11.7. The molecule has 0 aliphatic carbocycles.